The molecule has 0 aliphatic heterocycles. The lowest BCUT2D eigenvalue weighted by Crippen LogP contribution is -2.30. The number of alkyl halides is 3. The summed E-state index contributed by atoms with van der Waals surface area (Å²) < 4.78 is 69.2. The molecule has 25 heavy (non-hydrogen) atoms. The quantitative estimate of drug-likeness (QED) is 0.743. The number of aryl methyl sites for hydroxylation is 1. The summed E-state index contributed by atoms with van der Waals surface area (Å²) in [5.41, 5.74) is -0.577. The highest BCUT2D eigenvalue weighted by molar-refractivity contribution is 7.92. The molecule has 4 nitrogen and oxygen atoms in total. The Morgan fingerprint density at radius 3 is 2.08 bits per heavy atom. The van der Waals surface area contributed by atoms with Gasteiger partial charge in [-0.05, 0) is 43.3 Å². The van der Waals surface area contributed by atoms with Crippen LogP contribution in [0.25, 0.3) is 0 Å². The van der Waals surface area contributed by atoms with Crippen molar-refractivity contribution in [3.05, 3.63) is 54.1 Å². The van der Waals surface area contributed by atoms with Crippen LogP contribution in [0.5, 0.6) is 5.75 Å². The maximum atomic E-state index is 13.2. The van der Waals surface area contributed by atoms with E-state index in [9.17, 15) is 21.6 Å². The highest BCUT2D eigenvalue weighted by Gasteiger charge is 2.39. The van der Waals surface area contributed by atoms with E-state index in [1.807, 2.05) is 0 Å². The number of benzene rings is 2. The van der Waals surface area contributed by atoms with Gasteiger partial charge in [-0.1, -0.05) is 17.7 Å². The molecule has 0 amide bonds. The number of methoxy groups -OCH3 is 1. The standard InChI is InChI=1S/C17H16F3NO3S/c1-12-3-9-15(10-4-12)25(22,23)11-16(17(18,19)20)21-13-5-7-14(24-2)8-6-13/h3-10H,11H2,1-2H3. The van der Waals surface area contributed by atoms with Crippen molar-refractivity contribution in [3.8, 4) is 5.75 Å². The molecule has 2 aromatic rings. The third kappa shape index (κ3) is 5.06. The Bertz CT molecular complexity index is 856. The van der Waals surface area contributed by atoms with E-state index in [-0.39, 0.29) is 10.6 Å². The number of hydrogen-bond donors (Lipinski definition) is 0. The fourth-order valence-corrected chi connectivity index (χ4v) is 3.30. The number of nitrogens with zero attached hydrogens (tertiary/aromatic N) is 1. The molecule has 0 aliphatic carbocycles. The fourth-order valence-electron chi connectivity index (χ4n) is 2.00. The Labute approximate surface area is 143 Å². The van der Waals surface area contributed by atoms with E-state index in [4.69, 9.17) is 4.74 Å². The van der Waals surface area contributed by atoms with Crippen molar-refractivity contribution in [1.82, 2.24) is 0 Å². The maximum Gasteiger partial charge on any atom is 0.430 e. The molecule has 0 aromatic heterocycles. The number of hydrogen-bond acceptors (Lipinski definition) is 4. The van der Waals surface area contributed by atoms with Crippen molar-refractivity contribution >= 4 is 21.2 Å². The van der Waals surface area contributed by atoms with Crippen LogP contribution in [0, 0.1) is 6.92 Å². The van der Waals surface area contributed by atoms with Crippen LogP contribution in [-0.4, -0.2) is 33.2 Å². The molecule has 2 rings (SSSR count). The largest absolute Gasteiger partial charge is 0.497 e. The van der Waals surface area contributed by atoms with Gasteiger partial charge in [0.2, 0.25) is 0 Å². The fraction of sp³-hybridized carbons (Fsp3) is 0.235. The van der Waals surface area contributed by atoms with Crippen LogP contribution in [0.1, 0.15) is 5.56 Å². The molecule has 0 radical (unpaired) electrons. The summed E-state index contributed by atoms with van der Waals surface area (Å²) in [6.45, 7) is 1.75. The van der Waals surface area contributed by atoms with E-state index >= 15 is 0 Å². The lowest BCUT2D eigenvalue weighted by Gasteiger charge is -2.12. The van der Waals surface area contributed by atoms with Gasteiger partial charge in [0.25, 0.3) is 0 Å². The average Bonchev–Trinajstić information content (AvgIpc) is 2.54. The van der Waals surface area contributed by atoms with E-state index in [2.05, 4.69) is 4.99 Å². The zero-order valence-electron chi connectivity index (χ0n) is 13.5. The molecule has 0 heterocycles. The molecule has 2 aromatic carbocycles. The smallest absolute Gasteiger partial charge is 0.430 e. The molecule has 0 spiro atoms. The highest BCUT2D eigenvalue weighted by Crippen LogP contribution is 2.25. The molecular weight excluding hydrogens is 355 g/mol. The third-order valence-corrected chi connectivity index (χ3v) is 5.01. The summed E-state index contributed by atoms with van der Waals surface area (Å²) in [5, 5.41) is 0. The topological polar surface area (TPSA) is 55.7 Å². The minimum atomic E-state index is -4.86. The zero-order valence-corrected chi connectivity index (χ0v) is 14.4. The molecule has 0 atom stereocenters. The van der Waals surface area contributed by atoms with Crippen LogP contribution >= 0.6 is 0 Å². The number of halogens is 3. The second kappa shape index (κ2) is 7.26. The molecule has 0 saturated carbocycles. The SMILES string of the molecule is COc1ccc(N=C(CS(=O)(=O)c2ccc(C)cc2)C(F)(F)F)cc1. The normalized spacial score (nSPS) is 12.9. The Hall–Kier alpha value is -2.35. The van der Waals surface area contributed by atoms with Gasteiger partial charge < -0.3 is 4.74 Å². The van der Waals surface area contributed by atoms with Gasteiger partial charge >= 0.3 is 6.18 Å². The second-order valence-corrected chi connectivity index (χ2v) is 7.32. The third-order valence-electron chi connectivity index (χ3n) is 3.37. The van der Waals surface area contributed by atoms with Crippen molar-refractivity contribution in [2.24, 2.45) is 4.99 Å². The van der Waals surface area contributed by atoms with E-state index in [1.54, 1.807) is 6.92 Å². The van der Waals surface area contributed by atoms with Crippen molar-refractivity contribution in [2.75, 3.05) is 12.9 Å². The average molecular weight is 371 g/mol. The summed E-state index contributed by atoms with van der Waals surface area (Å²) in [7, 11) is -2.74. The Balaban J connectivity index is 2.37. The lowest BCUT2D eigenvalue weighted by molar-refractivity contribution is -0.0589. The molecule has 134 valence electrons. The van der Waals surface area contributed by atoms with Gasteiger partial charge in [0, 0.05) is 0 Å². The van der Waals surface area contributed by atoms with Gasteiger partial charge in [0.05, 0.1) is 17.7 Å². The van der Waals surface area contributed by atoms with Gasteiger partial charge in [-0.15, -0.1) is 0 Å². The van der Waals surface area contributed by atoms with Gasteiger partial charge in [-0.3, -0.25) is 0 Å². The second-order valence-electron chi connectivity index (χ2n) is 5.33. The lowest BCUT2D eigenvalue weighted by atomic mass is 10.2. The van der Waals surface area contributed by atoms with Crippen LogP contribution in [-0.2, 0) is 9.84 Å². The molecule has 0 aliphatic rings. The van der Waals surface area contributed by atoms with E-state index in [0.29, 0.717) is 5.75 Å². The van der Waals surface area contributed by atoms with Crippen molar-refractivity contribution in [2.45, 2.75) is 18.0 Å². The first kappa shape index (κ1) is 19.0. The first-order valence-electron chi connectivity index (χ1n) is 7.20. The monoisotopic (exact) mass is 371 g/mol. The van der Waals surface area contributed by atoms with Gasteiger partial charge in [0.1, 0.15) is 17.2 Å². The number of sulfone groups is 1. The van der Waals surface area contributed by atoms with Crippen LogP contribution in [0.15, 0.2) is 58.4 Å². The van der Waals surface area contributed by atoms with Gasteiger partial charge in [-0.2, -0.15) is 13.2 Å². The molecule has 8 heteroatoms. The first-order chi connectivity index (χ1) is 11.6. The highest BCUT2D eigenvalue weighted by atomic mass is 32.2. The molecule has 0 unspecified atom stereocenters. The van der Waals surface area contributed by atoms with Crippen LogP contribution in [0.4, 0.5) is 18.9 Å². The molecule has 0 saturated heterocycles. The number of rotatable bonds is 5. The Kier molecular flexibility index (Phi) is 5.52. The summed E-state index contributed by atoms with van der Waals surface area (Å²) in [6.07, 6.45) is -4.86. The minimum Gasteiger partial charge on any atom is -0.497 e. The number of ether oxygens (including phenoxy) is 1. The van der Waals surface area contributed by atoms with Crippen LogP contribution in [0.2, 0.25) is 0 Å². The van der Waals surface area contributed by atoms with Crippen LogP contribution in [0.3, 0.4) is 0 Å². The van der Waals surface area contributed by atoms with E-state index in [0.717, 1.165) is 5.56 Å². The van der Waals surface area contributed by atoms with Gasteiger partial charge in [0.15, 0.2) is 9.84 Å². The van der Waals surface area contributed by atoms with E-state index in [1.165, 1.54) is 55.6 Å². The van der Waals surface area contributed by atoms with E-state index < -0.39 is 27.5 Å². The van der Waals surface area contributed by atoms with Crippen molar-refractivity contribution < 1.29 is 26.3 Å². The Morgan fingerprint density at radius 2 is 1.60 bits per heavy atom. The molecule has 0 N–H and O–H groups in total. The van der Waals surface area contributed by atoms with Gasteiger partial charge in [-0.25, -0.2) is 13.4 Å². The molecule has 0 bridgehead atoms. The predicted molar refractivity (Wildman–Crippen MR) is 89.4 cm³/mol. The summed E-state index contributed by atoms with van der Waals surface area (Å²) in [5.74, 6) is -0.772. The Morgan fingerprint density at radius 1 is 1.04 bits per heavy atom. The first-order valence-corrected chi connectivity index (χ1v) is 8.85. The zero-order chi connectivity index (χ0) is 18.7. The summed E-state index contributed by atoms with van der Waals surface area (Å²) in [4.78, 5) is 3.31. The van der Waals surface area contributed by atoms with Crippen molar-refractivity contribution in [3.63, 3.8) is 0 Å². The summed E-state index contributed by atoms with van der Waals surface area (Å²) >= 11 is 0. The van der Waals surface area contributed by atoms with Crippen LogP contribution < -0.4 is 4.74 Å². The number of aliphatic imine (C=N–C) groups is 1. The minimum absolute atomic E-state index is 0.00719. The summed E-state index contributed by atoms with van der Waals surface area (Å²) in [6, 6.07) is 11.2. The maximum absolute atomic E-state index is 13.2. The molecule has 0 fully saturated rings. The molecular formula is C17H16F3NO3S. The van der Waals surface area contributed by atoms with Crippen molar-refractivity contribution in [1.29, 1.82) is 0 Å². The predicted octanol–water partition coefficient (Wildman–Crippen LogP) is 4.11.